The third-order valence-electron chi connectivity index (χ3n) is 2.65. The zero-order valence-corrected chi connectivity index (χ0v) is 14.9. The largest absolute Gasteiger partial charge is 0.307 e. The molecule has 114 valence electrons. The molecule has 3 N–H and O–H groups in total. The van der Waals surface area contributed by atoms with Crippen molar-refractivity contribution in [2.45, 2.75) is 11.4 Å². The van der Waals surface area contributed by atoms with Crippen molar-refractivity contribution in [1.29, 1.82) is 0 Å². The van der Waals surface area contributed by atoms with E-state index < -0.39 is 10.0 Å². The molecule has 0 bridgehead atoms. The molecule has 0 unspecified atom stereocenters. The highest BCUT2D eigenvalue weighted by atomic mass is 79.9. The van der Waals surface area contributed by atoms with Gasteiger partial charge in [0.05, 0.1) is 4.34 Å². The second kappa shape index (κ2) is 6.59. The molecule has 2 aromatic rings. The molecule has 10 heteroatoms. The number of hydrogen-bond acceptors (Lipinski definition) is 6. The Morgan fingerprint density at radius 3 is 2.81 bits per heavy atom. The Morgan fingerprint density at radius 1 is 1.52 bits per heavy atom. The Labute approximate surface area is 140 Å². The lowest BCUT2D eigenvalue weighted by atomic mass is 10.5. The van der Waals surface area contributed by atoms with Crippen LogP contribution in [0, 0.1) is 0 Å². The zero-order chi connectivity index (χ0) is 15.6. The molecule has 0 aliphatic heterocycles. The molecule has 21 heavy (non-hydrogen) atoms. The number of hydrogen-bond donors (Lipinski definition) is 2. The van der Waals surface area contributed by atoms with Crippen LogP contribution in [0.25, 0.3) is 0 Å². The van der Waals surface area contributed by atoms with Crippen molar-refractivity contribution in [3.05, 3.63) is 38.1 Å². The Morgan fingerprint density at radius 2 is 2.24 bits per heavy atom. The first-order valence-corrected chi connectivity index (χ1v) is 9.10. The maximum absolute atomic E-state index is 12.6. The van der Waals surface area contributed by atoms with Gasteiger partial charge >= 0.3 is 0 Å². The van der Waals surface area contributed by atoms with Gasteiger partial charge < -0.3 is 5.43 Å². The molecular weight excluding hydrogens is 400 g/mol. The highest BCUT2D eigenvalue weighted by molar-refractivity contribution is 9.10. The monoisotopic (exact) mass is 410 g/mol. The summed E-state index contributed by atoms with van der Waals surface area (Å²) in [5.41, 5.74) is 2.30. The molecular formula is C11H12BrClN4O2S2. The minimum Gasteiger partial charge on any atom is -0.307 e. The summed E-state index contributed by atoms with van der Waals surface area (Å²) in [5.74, 6) is 5.42. The minimum absolute atomic E-state index is 0.00419. The predicted octanol–water partition coefficient (Wildman–Crippen LogP) is 2.67. The van der Waals surface area contributed by atoms with Gasteiger partial charge in [0.15, 0.2) is 5.82 Å². The van der Waals surface area contributed by atoms with Crippen LogP contribution in [0.4, 0.5) is 5.82 Å². The predicted molar refractivity (Wildman–Crippen MR) is 87.7 cm³/mol. The van der Waals surface area contributed by atoms with Gasteiger partial charge in [-0.3, -0.25) is 0 Å². The molecule has 6 nitrogen and oxygen atoms in total. The second-order valence-corrected chi connectivity index (χ2v) is 8.84. The van der Waals surface area contributed by atoms with Gasteiger partial charge in [-0.05, 0) is 34.1 Å². The van der Waals surface area contributed by atoms with Crippen LogP contribution in [0.3, 0.4) is 0 Å². The Balaban J connectivity index is 2.35. The summed E-state index contributed by atoms with van der Waals surface area (Å²) < 4.78 is 27.6. The highest BCUT2D eigenvalue weighted by Gasteiger charge is 2.25. The molecule has 2 aromatic heterocycles. The fraction of sp³-hybridized carbons (Fsp3) is 0.182. The summed E-state index contributed by atoms with van der Waals surface area (Å²) in [6.45, 7) is 0.218. The molecule has 0 aliphatic carbocycles. The number of hydrazine groups is 1. The van der Waals surface area contributed by atoms with Gasteiger partial charge in [-0.2, -0.15) is 4.31 Å². The van der Waals surface area contributed by atoms with Crippen molar-refractivity contribution in [3.63, 3.8) is 0 Å². The standard InChI is InChI=1S/C11H12BrClN4O2S2/c1-17(6-8-2-3-10(13)20-8)21(18,19)9-4-7(12)5-15-11(9)16-14/h2-5H,6,14H2,1H3,(H,15,16). The molecule has 0 aliphatic rings. The SMILES string of the molecule is CN(Cc1ccc(Cl)s1)S(=O)(=O)c1cc(Br)cnc1NN. The quantitative estimate of drug-likeness (QED) is 0.583. The number of nitrogens with two attached hydrogens (primary N) is 1. The molecule has 0 aromatic carbocycles. The molecule has 2 rings (SSSR count). The van der Waals surface area contributed by atoms with Crippen molar-refractivity contribution < 1.29 is 8.42 Å². The second-order valence-electron chi connectivity index (χ2n) is 4.11. The summed E-state index contributed by atoms with van der Waals surface area (Å²) in [6.07, 6.45) is 1.47. The van der Waals surface area contributed by atoms with Crippen LogP contribution in [0.1, 0.15) is 4.88 Å². The third kappa shape index (κ3) is 3.74. The molecule has 2 heterocycles. The van der Waals surface area contributed by atoms with Crippen molar-refractivity contribution in [2.75, 3.05) is 12.5 Å². The topological polar surface area (TPSA) is 88.3 Å². The summed E-state index contributed by atoms with van der Waals surface area (Å²) in [6, 6.07) is 4.98. The molecule has 0 spiro atoms. The van der Waals surface area contributed by atoms with E-state index in [9.17, 15) is 8.42 Å². The molecule has 0 amide bonds. The van der Waals surface area contributed by atoms with Crippen LogP contribution in [0.15, 0.2) is 33.8 Å². The Kier molecular flexibility index (Phi) is 5.23. The Hall–Kier alpha value is -0.710. The average Bonchev–Trinajstić information content (AvgIpc) is 2.84. The number of aromatic nitrogens is 1. The van der Waals surface area contributed by atoms with E-state index in [1.54, 1.807) is 12.1 Å². The molecule has 0 saturated heterocycles. The fourth-order valence-electron chi connectivity index (χ4n) is 1.63. The van der Waals surface area contributed by atoms with Crippen molar-refractivity contribution in [1.82, 2.24) is 9.29 Å². The van der Waals surface area contributed by atoms with Crippen LogP contribution in [-0.4, -0.2) is 24.8 Å². The van der Waals surface area contributed by atoms with E-state index in [1.807, 2.05) is 0 Å². The number of sulfonamides is 1. The number of nitrogens with one attached hydrogen (secondary N) is 1. The Bertz CT molecular complexity index is 750. The minimum atomic E-state index is -3.73. The van der Waals surface area contributed by atoms with E-state index in [2.05, 4.69) is 26.3 Å². The maximum Gasteiger partial charge on any atom is 0.246 e. The number of nitrogens with zero attached hydrogens (tertiary/aromatic N) is 2. The van der Waals surface area contributed by atoms with Crippen molar-refractivity contribution in [3.8, 4) is 0 Å². The lowest BCUT2D eigenvalue weighted by Crippen LogP contribution is -2.27. The summed E-state index contributed by atoms with van der Waals surface area (Å²) in [4.78, 5) is 4.80. The average molecular weight is 412 g/mol. The van der Waals surface area contributed by atoms with Crippen LogP contribution < -0.4 is 11.3 Å². The number of thiophene rings is 1. The van der Waals surface area contributed by atoms with Gasteiger partial charge in [-0.15, -0.1) is 11.3 Å². The van der Waals surface area contributed by atoms with Gasteiger partial charge in [0, 0.05) is 29.1 Å². The van der Waals surface area contributed by atoms with Gasteiger partial charge in [0.1, 0.15) is 4.90 Å². The molecule has 0 saturated carbocycles. The highest BCUT2D eigenvalue weighted by Crippen LogP contribution is 2.28. The fourth-order valence-corrected chi connectivity index (χ4v) is 4.62. The van der Waals surface area contributed by atoms with E-state index in [0.717, 1.165) is 4.88 Å². The number of halogens is 2. The van der Waals surface area contributed by atoms with Crippen LogP contribution >= 0.6 is 38.9 Å². The van der Waals surface area contributed by atoms with E-state index in [4.69, 9.17) is 17.4 Å². The van der Waals surface area contributed by atoms with E-state index >= 15 is 0 Å². The number of pyridine rings is 1. The van der Waals surface area contributed by atoms with Gasteiger partial charge in [-0.25, -0.2) is 19.2 Å². The summed E-state index contributed by atoms with van der Waals surface area (Å²) in [7, 11) is -2.24. The van der Waals surface area contributed by atoms with Crippen molar-refractivity contribution >= 4 is 54.7 Å². The van der Waals surface area contributed by atoms with Crippen LogP contribution in [-0.2, 0) is 16.6 Å². The first kappa shape index (κ1) is 16.7. The zero-order valence-electron chi connectivity index (χ0n) is 10.9. The third-order valence-corrected chi connectivity index (χ3v) is 6.12. The van der Waals surface area contributed by atoms with Crippen molar-refractivity contribution in [2.24, 2.45) is 5.84 Å². The van der Waals surface area contributed by atoms with Crippen LogP contribution in [0.5, 0.6) is 0 Å². The summed E-state index contributed by atoms with van der Waals surface area (Å²) >= 11 is 10.4. The van der Waals surface area contributed by atoms with E-state index in [1.165, 1.54) is 35.0 Å². The smallest absolute Gasteiger partial charge is 0.246 e. The van der Waals surface area contributed by atoms with Gasteiger partial charge in [-0.1, -0.05) is 11.6 Å². The number of rotatable bonds is 5. The lowest BCUT2D eigenvalue weighted by molar-refractivity contribution is 0.469. The normalized spacial score (nSPS) is 11.9. The first-order chi connectivity index (χ1) is 9.84. The molecule has 0 fully saturated rings. The lowest BCUT2D eigenvalue weighted by Gasteiger charge is -2.18. The van der Waals surface area contributed by atoms with E-state index in [-0.39, 0.29) is 17.3 Å². The summed E-state index contributed by atoms with van der Waals surface area (Å²) in [5, 5.41) is 0. The first-order valence-electron chi connectivity index (χ1n) is 5.67. The van der Waals surface area contributed by atoms with Gasteiger partial charge in [0.2, 0.25) is 10.0 Å². The van der Waals surface area contributed by atoms with Gasteiger partial charge in [0.25, 0.3) is 0 Å². The molecule has 0 radical (unpaired) electrons. The number of nitrogen functional groups attached to an aromatic ring is 1. The van der Waals surface area contributed by atoms with E-state index in [0.29, 0.717) is 8.81 Å². The number of anilines is 1. The molecule has 0 atom stereocenters. The van der Waals surface area contributed by atoms with Crippen LogP contribution in [0.2, 0.25) is 4.34 Å². The maximum atomic E-state index is 12.6.